The highest BCUT2D eigenvalue weighted by atomic mass is 32.1. The minimum absolute atomic E-state index is 0.209. The summed E-state index contributed by atoms with van der Waals surface area (Å²) in [5.41, 5.74) is 3.23. The summed E-state index contributed by atoms with van der Waals surface area (Å²) >= 11 is 1.24. The van der Waals surface area contributed by atoms with E-state index in [4.69, 9.17) is 14.2 Å². The molecule has 4 rings (SSSR count). The Kier molecular flexibility index (Phi) is 9.44. The van der Waals surface area contributed by atoms with Crippen LogP contribution in [0.15, 0.2) is 63.5 Å². The Balaban J connectivity index is 1.82. The molecule has 1 aliphatic heterocycles. The number of methoxy groups -OCH3 is 1. The van der Waals surface area contributed by atoms with E-state index in [2.05, 4.69) is 23.6 Å². The van der Waals surface area contributed by atoms with Crippen LogP contribution in [0, 0.1) is 0 Å². The van der Waals surface area contributed by atoms with Crippen molar-refractivity contribution < 1.29 is 28.5 Å². The first kappa shape index (κ1) is 29.8. The number of fused-ring (bicyclic) bond motifs is 1. The van der Waals surface area contributed by atoms with Crippen LogP contribution in [-0.4, -0.2) is 43.4 Å². The van der Waals surface area contributed by atoms with E-state index in [9.17, 15) is 14.4 Å². The quantitative estimate of drug-likeness (QED) is 0.336. The van der Waals surface area contributed by atoms with Crippen molar-refractivity contribution in [1.29, 1.82) is 0 Å². The lowest BCUT2D eigenvalue weighted by atomic mass is 9.93. The van der Waals surface area contributed by atoms with Crippen LogP contribution in [-0.2, 0) is 19.1 Å². The van der Waals surface area contributed by atoms with Gasteiger partial charge < -0.3 is 18.9 Å². The summed E-state index contributed by atoms with van der Waals surface area (Å²) in [6.45, 7) is 9.91. The lowest BCUT2D eigenvalue weighted by Gasteiger charge is -2.25. The van der Waals surface area contributed by atoms with Crippen molar-refractivity contribution in [3.8, 4) is 11.5 Å². The molecule has 0 spiro atoms. The third-order valence-electron chi connectivity index (χ3n) is 6.57. The second-order valence-electron chi connectivity index (χ2n) is 9.63. The van der Waals surface area contributed by atoms with E-state index in [1.54, 1.807) is 42.7 Å². The molecule has 1 atom stereocenters. The number of carbonyl (C=O) groups excluding carboxylic acids is 2. The Morgan fingerprint density at radius 2 is 1.78 bits per heavy atom. The number of esters is 2. The van der Waals surface area contributed by atoms with E-state index in [-0.39, 0.29) is 18.8 Å². The Labute approximate surface area is 242 Å². The maximum absolute atomic E-state index is 13.9. The molecular formula is C31H34N2O7S. The molecule has 0 saturated heterocycles. The SMILES string of the molecule is CCOC(=O)C1=C(C)N=c2sc(=Cc3ccc(OCC(=O)OC)c(OCC)c3)c(=O)n2[C@@H]1c1ccc(C(C)C)cc1. The predicted octanol–water partition coefficient (Wildman–Crippen LogP) is 3.87. The number of ether oxygens (including phenoxy) is 4. The third-order valence-corrected chi connectivity index (χ3v) is 7.56. The molecule has 0 N–H and O–H groups in total. The van der Waals surface area contributed by atoms with E-state index >= 15 is 0 Å². The Hall–Kier alpha value is -4.18. The number of hydrogen-bond donors (Lipinski definition) is 0. The predicted molar refractivity (Wildman–Crippen MR) is 156 cm³/mol. The second-order valence-corrected chi connectivity index (χ2v) is 10.6. The average molecular weight is 579 g/mol. The van der Waals surface area contributed by atoms with Crippen LogP contribution >= 0.6 is 11.3 Å². The van der Waals surface area contributed by atoms with E-state index in [1.807, 2.05) is 31.2 Å². The molecule has 2 heterocycles. The number of rotatable bonds is 10. The van der Waals surface area contributed by atoms with Gasteiger partial charge in [0.05, 0.1) is 42.2 Å². The van der Waals surface area contributed by atoms with Crippen LogP contribution in [0.4, 0.5) is 0 Å². The zero-order valence-electron chi connectivity index (χ0n) is 24.1. The van der Waals surface area contributed by atoms with Gasteiger partial charge in [0, 0.05) is 0 Å². The smallest absolute Gasteiger partial charge is 0.343 e. The summed E-state index contributed by atoms with van der Waals surface area (Å²) in [6, 6.07) is 12.5. The summed E-state index contributed by atoms with van der Waals surface area (Å²) in [5.74, 6) is 0.150. The van der Waals surface area contributed by atoms with Gasteiger partial charge in [0.2, 0.25) is 0 Å². The number of aromatic nitrogens is 1. The standard InChI is InChI=1S/C31H34N2O7S/c1-7-38-24-15-20(9-14-23(24)40-17-26(34)37-6)16-25-29(35)33-28(22-12-10-21(11-13-22)18(3)4)27(30(36)39-8-2)19(5)32-31(33)41-25/h9-16,18,28H,7-8,17H2,1-6H3/t28-/m1/s1. The molecule has 2 aromatic carbocycles. The van der Waals surface area contributed by atoms with Crippen molar-refractivity contribution >= 4 is 29.4 Å². The molecule has 1 aliphatic rings. The lowest BCUT2D eigenvalue weighted by molar-refractivity contribution is -0.143. The first-order valence-corrected chi connectivity index (χ1v) is 14.3. The van der Waals surface area contributed by atoms with Gasteiger partial charge in [-0.1, -0.05) is 55.5 Å². The monoisotopic (exact) mass is 578 g/mol. The van der Waals surface area contributed by atoms with Crippen LogP contribution in [0.25, 0.3) is 6.08 Å². The Bertz CT molecular complexity index is 1650. The molecule has 10 heteroatoms. The Morgan fingerprint density at radius 3 is 2.41 bits per heavy atom. The molecule has 3 aromatic rings. The highest BCUT2D eigenvalue weighted by Gasteiger charge is 2.33. The molecule has 0 saturated carbocycles. The zero-order chi connectivity index (χ0) is 29.7. The minimum Gasteiger partial charge on any atom is -0.490 e. The molecule has 0 radical (unpaired) electrons. The highest BCUT2D eigenvalue weighted by Crippen LogP contribution is 2.32. The fourth-order valence-electron chi connectivity index (χ4n) is 4.52. The fourth-order valence-corrected chi connectivity index (χ4v) is 5.57. The van der Waals surface area contributed by atoms with Gasteiger partial charge in [-0.15, -0.1) is 0 Å². The fraction of sp³-hybridized carbons (Fsp3) is 0.355. The maximum atomic E-state index is 13.9. The van der Waals surface area contributed by atoms with Gasteiger partial charge in [0.25, 0.3) is 5.56 Å². The van der Waals surface area contributed by atoms with E-state index in [0.29, 0.717) is 50.2 Å². The van der Waals surface area contributed by atoms with Gasteiger partial charge in [-0.3, -0.25) is 9.36 Å². The summed E-state index contributed by atoms with van der Waals surface area (Å²) in [5, 5.41) is 0. The van der Waals surface area contributed by atoms with Gasteiger partial charge in [-0.25, -0.2) is 14.6 Å². The number of benzene rings is 2. The summed E-state index contributed by atoms with van der Waals surface area (Å²) in [6.07, 6.45) is 1.75. The van der Waals surface area contributed by atoms with Crippen LogP contribution < -0.4 is 24.4 Å². The molecule has 0 bridgehead atoms. The average Bonchev–Trinajstić information content (AvgIpc) is 3.25. The molecule has 0 fully saturated rings. The van der Waals surface area contributed by atoms with Gasteiger partial charge >= 0.3 is 11.9 Å². The van der Waals surface area contributed by atoms with E-state index in [0.717, 1.165) is 11.1 Å². The van der Waals surface area contributed by atoms with Crippen LogP contribution in [0.2, 0.25) is 0 Å². The largest absolute Gasteiger partial charge is 0.490 e. The van der Waals surface area contributed by atoms with Crippen molar-refractivity contribution in [3.05, 3.63) is 90.1 Å². The van der Waals surface area contributed by atoms with E-state index < -0.39 is 18.0 Å². The van der Waals surface area contributed by atoms with Crippen molar-refractivity contribution in [2.45, 2.75) is 46.6 Å². The molecular weight excluding hydrogens is 544 g/mol. The summed E-state index contributed by atoms with van der Waals surface area (Å²) < 4.78 is 23.3. The minimum atomic E-state index is -0.679. The maximum Gasteiger partial charge on any atom is 0.343 e. The molecule has 216 valence electrons. The number of carbonyl (C=O) groups is 2. The molecule has 0 aliphatic carbocycles. The zero-order valence-corrected chi connectivity index (χ0v) is 24.9. The van der Waals surface area contributed by atoms with E-state index in [1.165, 1.54) is 18.4 Å². The van der Waals surface area contributed by atoms with Crippen molar-refractivity contribution in [2.24, 2.45) is 4.99 Å². The molecule has 0 unspecified atom stereocenters. The van der Waals surface area contributed by atoms with Gasteiger partial charge in [0.15, 0.2) is 22.9 Å². The molecule has 9 nitrogen and oxygen atoms in total. The summed E-state index contributed by atoms with van der Waals surface area (Å²) in [4.78, 5) is 43.7. The first-order chi connectivity index (χ1) is 19.7. The van der Waals surface area contributed by atoms with Crippen LogP contribution in [0.1, 0.15) is 63.3 Å². The molecule has 1 aromatic heterocycles. The Morgan fingerprint density at radius 1 is 1.05 bits per heavy atom. The van der Waals surface area contributed by atoms with Gasteiger partial charge in [0.1, 0.15) is 0 Å². The molecule has 41 heavy (non-hydrogen) atoms. The highest BCUT2D eigenvalue weighted by molar-refractivity contribution is 7.07. The van der Waals surface area contributed by atoms with Crippen LogP contribution in [0.3, 0.4) is 0 Å². The summed E-state index contributed by atoms with van der Waals surface area (Å²) in [7, 11) is 1.29. The second kappa shape index (κ2) is 13.0. The molecule has 0 amide bonds. The van der Waals surface area contributed by atoms with Crippen molar-refractivity contribution in [3.63, 3.8) is 0 Å². The normalized spacial score (nSPS) is 14.9. The van der Waals surface area contributed by atoms with Gasteiger partial charge in [-0.2, -0.15) is 0 Å². The first-order valence-electron chi connectivity index (χ1n) is 13.4. The lowest BCUT2D eigenvalue weighted by Crippen LogP contribution is -2.39. The van der Waals surface area contributed by atoms with Crippen molar-refractivity contribution in [1.82, 2.24) is 4.57 Å². The third kappa shape index (κ3) is 6.43. The number of nitrogens with zero attached hydrogens (tertiary/aromatic N) is 2. The number of hydrogen-bond acceptors (Lipinski definition) is 9. The topological polar surface area (TPSA) is 105 Å². The van der Waals surface area contributed by atoms with Crippen LogP contribution in [0.5, 0.6) is 11.5 Å². The van der Waals surface area contributed by atoms with Gasteiger partial charge in [-0.05, 0) is 61.6 Å². The number of thiazole rings is 1. The number of allylic oxidation sites excluding steroid dienone is 1. The van der Waals surface area contributed by atoms with Crippen molar-refractivity contribution in [2.75, 3.05) is 26.9 Å².